The lowest BCUT2D eigenvalue weighted by molar-refractivity contribution is -0.138. The molecule has 0 aromatic heterocycles. The zero-order valence-corrected chi connectivity index (χ0v) is 8.72. The summed E-state index contributed by atoms with van der Waals surface area (Å²) in [5.74, 6) is -0.393. The summed E-state index contributed by atoms with van der Waals surface area (Å²) in [7, 11) is 3.74. The van der Waals surface area contributed by atoms with Crippen molar-refractivity contribution in [1.82, 2.24) is 10.4 Å². The van der Waals surface area contributed by atoms with Gasteiger partial charge in [-0.05, 0) is 0 Å². The molecule has 0 spiro atoms. The molecule has 0 aromatic carbocycles. The average Bonchev–Trinajstić information content (AvgIpc) is 2.01. The first-order valence-corrected chi connectivity index (χ1v) is 4.11. The summed E-state index contributed by atoms with van der Waals surface area (Å²) in [6, 6.07) is 0. The lowest BCUT2D eigenvalue weighted by atomic mass is 9.87. The minimum absolute atomic E-state index is 0.393. The van der Waals surface area contributed by atoms with Gasteiger partial charge in [0.1, 0.15) is 0 Å². The zero-order chi connectivity index (χ0) is 10.6. The van der Waals surface area contributed by atoms with Crippen molar-refractivity contribution in [2.45, 2.75) is 20.3 Å². The number of amides is 1. The topological polar surface area (TPSA) is 52.6 Å². The Bertz CT molecular complexity index is 210. The van der Waals surface area contributed by atoms with Crippen molar-refractivity contribution in [1.29, 1.82) is 0 Å². The molecule has 0 saturated heterocycles. The second-order valence-electron chi connectivity index (χ2n) is 3.96. The van der Waals surface area contributed by atoms with Crippen LogP contribution in [-0.4, -0.2) is 30.1 Å². The number of carbonyl (C=O) groups is 1. The Hall–Kier alpha value is -1.03. The van der Waals surface area contributed by atoms with E-state index < -0.39 is 11.3 Å². The molecule has 0 fully saturated rings. The fourth-order valence-electron chi connectivity index (χ4n) is 0.900. The monoisotopic (exact) mass is 186 g/mol. The van der Waals surface area contributed by atoms with Crippen LogP contribution < -0.4 is 5.48 Å². The van der Waals surface area contributed by atoms with Crippen molar-refractivity contribution in [2.24, 2.45) is 5.41 Å². The van der Waals surface area contributed by atoms with E-state index in [1.165, 1.54) is 0 Å². The quantitative estimate of drug-likeness (QED) is 0.508. The molecule has 1 amide bonds. The van der Waals surface area contributed by atoms with Crippen LogP contribution in [0.15, 0.2) is 12.3 Å². The number of allylic oxidation sites excluding steroid dienone is 1. The van der Waals surface area contributed by atoms with Crippen LogP contribution in [0, 0.1) is 5.41 Å². The zero-order valence-electron chi connectivity index (χ0n) is 8.72. The third-order valence-electron chi connectivity index (χ3n) is 1.99. The van der Waals surface area contributed by atoms with Crippen LogP contribution in [-0.2, 0) is 4.79 Å². The summed E-state index contributed by atoms with van der Waals surface area (Å²) < 4.78 is 0. The van der Waals surface area contributed by atoms with E-state index in [0.717, 1.165) is 5.70 Å². The van der Waals surface area contributed by atoms with Gasteiger partial charge in [0, 0.05) is 26.2 Å². The summed E-state index contributed by atoms with van der Waals surface area (Å²) in [6.45, 7) is 7.33. The molecule has 2 N–H and O–H groups in total. The molecule has 0 aliphatic heterocycles. The first kappa shape index (κ1) is 12.0. The molecule has 4 heteroatoms. The van der Waals surface area contributed by atoms with Crippen LogP contribution in [0.4, 0.5) is 0 Å². The van der Waals surface area contributed by atoms with Crippen LogP contribution in [0.25, 0.3) is 0 Å². The van der Waals surface area contributed by atoms with Gasteiger partial charge in [0.2, 0.25) is 5.91 Å². The molecule has 0 unspecified atom stereocenters. The number of hydrogen-bond acceptors (Lipinski definition) is 3. The van der Waals surface area contributed by atoms with Gasteiger partial charge in [0.05, 0.1) is 5.41 Å². The molecule has 0 atom stereocenters. The Kier molecular flexibility index (Phi) is 3.94. The standard InChI is InChI=1S/C9H18N2O2/c1-7(11(4)5)6-9(2,3)8(12)10-13/h13H,1,6H2,2-5H3,(H,10,12). The van der Waals surface area contributed by atoms with Gasteiger partial charge in [0.25, 0.3) is 0 Å². The predicted octanol–water partition coefficient (Wildman–Crippen LogP) is 0.983. The number of nitrogens with one attached hydrogen (secondary N) is 1. The van der Waals surface area contributed by atoms with Crippen molar-refractivity contribution >= 4 is 5.91 Å². The van der Waals surface area contributed by atoms with Crippen molar-refractivity contribution in [2.75, 3.05) is 14.1 Å². The molecular formula is C9H18N2O2. The van der Waals surface area contributed by atoms with Gasteiger partial charge >= 0.3 is 0 Å². The van der Waals surface area contributed by atoms with E-state index in [9.17, 15) is 4.79 Å². The van der Waals surface area contributed by atoms with Crippen LogP contribution in [0.1, 0.15) is 20.3 Å². The second-order valence-corrected chi connectivity index (χ2v) is 3.96. The molecule has 0 aliphatic rings. The van der Waals surface area contributed by atoms with Crippen molar-refractivity contribution in [3.63, 3.8) is 0 Å². The van der Waals surface area contributed by atoms with Crippen molar-refractivity contribution < 1.29 is 10.0 Å². The lowest BCUT2D eigenvalue weighted by Crippen LogP contribution is -2.36. The van der Waals surface area contributed by atoms with Crippen LogP contribution in [0.2, 0.25) is 0 Å². The van der Waals surface area contributed by atoms with Gasteiger partial charge in [-0.3, -0.25) is 10.0 Å². The molecule has 0 saturated carbocycles. The fraction of sp³-hybridized carbons (Fsp3) is 0.667. The number of rotatable bonds is 4. The maximum Gasteiger partial charge on any atom is 0.249 e. The van der Waals surface area contributed by atoms with Gasteiger partial charge < -0.3 is 4.90 Å². The number of carbonyl (C=O) groups excluding carboxylic acids is 1. The van der Waals surface area contributed by atoms with Gasteiger partial charge in [-0.2, -0.15) is 0 Å². The van der Waals surface area contributed by atoms with E-state index in [2.05, 4.69) is 6.58 Å². The Morgan fingerprint density at radius 2 is 2.00 bits per heavy atom. The lowest BCUT2D eigenvalue weighted by Gasteiger charge is -2.26. The molecule has 13 heavy (non-hydrogen) atoms. The molecule has 76 valence electrons. The van der Waals surface area contributed by atoms with E-state index in [0.29, 0.717) is 6.42 Å². The Labute approximate surface area is 79.2 Å². The van der Waals surface area contributed by atoms with Crippen molar-refractivity contribution in [3.05, 3.63) is 12.3 Å². The van der Waals surface area contributed by atoms with E-state index in [1.807, 2.05) is 19.0 Å². The summed E-state index contributed by atoms with van der Waals surface area (Å²) in [6.07, 6.45) is 0.520. The van der Waals surface area contributed by atoms with Crippen LogP contribution >= 0.6 is 0 Å². The molecular weight excluding hydrogens is 168 g/mol. The highest BCUT2D eigenvalue weighted by Gasteiger charge is 2.28. The highest BCUT2D eigenvalue weighted by molar-refractivity contribution is 5.80. The van der Waals surface area contributed by atoms with E-state index >= 15 is 0 Å². The first-order valence-electron chi connectivity index (χ1n) is 4.11. The third-order valence-corrected chi connectivity index (χ3v) is 1.99. The Morgan fingerprint density at radius 3 is 2.31 bits per heavy atom. The van der Waals surface area contributed by atoms with Gasteiger partial charge in [-0.15, -0.1) is 0 Å². The largest absolute Gasteiger partial charge is 0.381 e. The summed E-state index contributed by atoms with van der Waals surface area (Å²) in [5, 5.41) is 8.48. The summed E-state index contributed by atoms with van der Waals surface area (Å²) in [4.78, 5) is 13.0. The molecule has 0 aromatic rings. The first-order chi connectivity index (χ1) is 5.81. The van der Waals surface area contributed by atoms with E-state index in [1.54, 1.807) is 19.3 Å². The fourth-order valence-corrected chi connectivity index (χ4v) is 0.900. The number of hydroxylamine groups is 1. The number of nitrogens with zero attached hydrogens (tertiary/aromatic N) is 1. The average molecular weight is 186 g/mol. The molecule has 0 rings (SSSR count). The molecule has 0 heterocycles. The van der Waals surface area contributed by atoms with Crippen LogP contribution in [0.5, 0.6) is 0 Å². The second kappa shape index (κ2) is 4.28. The Morgan fingerprint density at radius 1 is 1.54 bits per heavy atom. The van der Waals surface area contributed by atoms with Crippen molar-refractivity contribution in [3.8, 4) is 0 Å². The highest BCUT2D eigenvalue weighted by atomic mass is 16.5. The number of hydrogen-bond donors (Lipinski definition) is 2. The Balaban J connectivity index is 4.33. The minimum atomic E-state index is -0.629. The predicted molar refractivity (Wildman–Crippen MR) is 51.2 cm³/mol. The maximum absolute atomic E-state index is 11.2. The van der Waals surface area contributed by atoms with Crippen LogP contribution in [0.3, 0.4) is 0 Å². The molecule has 0 radical (unpaired) electrons. The normalized spacial score (nSPS) is 10.8. The molecule has 0 aliphatic carbocycles. The van der Waals surface area contributed by atoms with Gasteiger partial charge in [-0.1, -0.05) is 20.4 Å². The molecule has 4 nitrogen and oxygen atoms in total. The third kappa shape index (κ3) is 3.46. The summed E-state index contributed by atoms with van der Waals surface area (Å²) in [5.41, 5.74) is 1.88. The highest BCUT2D eigenvalue weighted by Crippen LogP contribution is 2.25. The SMILES string of the molecule is C=C(CC(C)(C)C(=O)NO)N(C)C. The minimum Gasteiger partial charge on any atom is -0.381 e. The van der Waals surface area contributed by atoms with E-state index in [-0.39, 0.29) is 0 Å². The molecule has 0 bridgehead atoms. The van der Waals surface area contributed by atoms with Gasteiger partial charge in [-0.25, -0.2) is 5.48 Å². The van der Waals surface area contributed by atoms with Gasteiger partial charge in [0.15, 0.2) is 0 Å². The maximum atomic E-state index is 11.2. The summed E-state index contributed by atoms with van der Waals surface area (Å²) >= 11 is 0. The smallest absolute Gasteiger partial charge is 0.249 e. The van der Waals surface area contributed by atoms with E-state index in [4.69, 9.17) is 5.21 Å².